The molecule has 7 heteroatoms. The Morgan fingerprint density at radius 1 is 1.07 bits per heavy atom. The molecule has 0 aliphatic carbocycles. The normalized spacial score (nSPS) is 18.6. The number of fused-ring (bicyclic) bond motifs is 1. The molecule has 1 aromatic carbocycles. The van der Waals surface area contributed by atoms with Crippen LogP contribution in [0.4, 0.5) is 16.3 Å². The minimum Gasteiger partial charge on any atom is -0.450 e. The van der Waals surface area contributed by atoms with Crippen molar-refractivity contribution in [1.82, 2.24) is 14.8 Å². The van der Waals surface area contributed by atoms with Crippen LogP contribution in [0.3, 0.4) is 0 Å². The third-order valence-corrected chi connectivity index (χ3v) is 5.54. The van der Waals surface area contributed by atoms with Gasteiger partial charge >= 0.3 is 6.09 Å². The molecule has 2 aliphatic rings. The van der Waals surface area contributed by atoms with Crippen LogP contribution in [0.1, 0.15) is 29.8 Å². The number of carbonyl (C=O) groups excluding carboxylic acids is 2. The van der Waals surface area contributed by atoms with E-state index < -0.39 is 0 Å². The van der Waals surface area contributed by atoms with Gasteiger partial charge < -0.3 is 19.4 Å². The quantitative estimate of drug-likeness (QED) is 0.800. The molecule has 1 fully saturated rings. The first-order chi connectivity index (χ1) is 14.1. The molecule has 4 rings (SSSR count). The van der Waals surface area contributed by atoms with E-state index in [-0.39, 0.29) is 12.0 Å². The van der Waals surface area contributed by atoms with Crippen LogP contribution < -0.4 is 4.90 Å². The summed E-state index contributed by atoms with van der Waals surface area (Å²) >= 11 is 0. The summed E-state index contributed by atoms with van der Waals surface area (Å²) in [5.74, 6) is 0.800. The summed E-state index contributed by atoms with van der Waals surface area (Å²) in [5.41, 5.74) is 3.07. The van der Waals surface area contributed by atoms with Gasteiger partial charge in [0.05, 0.1) is 12.2 Å². The summed E-state index contributed by atoms with van der Waals surface area (Å²) in [4.78, 5) is 34.9. The van der Waals surface area contributed by atoms with Gasteiger partial charge in [-0.2, -0.15) is 0 Å². The van der Waals surface area contributed by atoms with Crippen molar-refractivity contribution in [2.24, 2.45) is 0 Å². The molecule has 1 saturated heterocycles. The number of rotatable bonds is 3. The summed E-state index contributed by atoms with van der Waals surface area (Å²) in [7, 11) is 0. The third-order valence-electron chi connectivity index (χ3n) is 5.54. The third kappa shape index (κ3) is 3.77. The fourth-order valence-electron chi connectivity index (χ4n) is 4.06. The largest absolute Gasteiger partial charge is 0.450 e. The molecule has 2 amide bonds. The van der Waals surface area contributed by atoms with Crippen molar-refractivity contribution in [3.05, 3.63) is 53.7 Å². The van der Waals surface area contributed by atoms with Gasteiger partial charge in [0.1, 0.15) is 5.82 Å². The predicted octanol–water partition coefficient (Wildman–Crippen LogP) is 3.08. The van der Waals surface area contributed by atoms with Crippen LogP contribution >= 0.6 is 0 Å². The van der Waals surface area contributed by atoms with Gasteiger partial charge in [0.2, 0.25) is 0 Å². The van der Waals surface area contributed by atoms with Crippen LogP contribution in [0.5, 0.6) is 0 Å². The Morgan fingerprint density at radius 2 is 1.79 bits per heavy atom. The van der Waals surface area contributed by atoms with E-state index in [1.807, 2.05) is 18.2 Å². The summed E-state index contributed by atoms with van der Waals surface area (Å²) in [6.45, 7) is 6.29. The highest BCUT2D eigenvalue weighted by molar-refractivity contribution is 5.94. The van der Waals surface area contributed by atoms with Gasteiger partial charge in [0.25, 0.3) is 5.91 Å². The molecule has 2 aliphatic heterocycles. The Labute approximate surface area is 170 Å². The maximum absolute atomic E-state index is 12.8. The molecule has 1 atom stereocenters. The van der Waals surface area contributed by atoms with E-state index in [1.165, 1.54) is 11.3 Å². The summed E-state index contributed by atoms with van der Waals surface area (Å²) in [6, 6.07) is 12.5. The van der Waals surface area contributed by atoms with Crippen molar-refractivity contribution in [3.8, 4) is 0 Å². The lowest BCUT2D eigenvalue weighted by Gasteiger charge is -2.34. The lowest BCUT2D eigenvalue weighted by Crippen LogP contribution is -2.50. The van der Waals surface area contributed by atoms with E-state index in [1.54, 1.807) is 22.9 Å². The summed E-state index contributed by atoms with van der Waals surface area (Å²) in [5, 5.41) is 0. The molecular weight excluding hydrogens is 368 g/mol. The van der Waals surface area contributed by atoms with Crippen molar-refractivity contribution in [3.63, 3.8) is 0 Å². The number of hydrogen-bond acceptors (Lipinski definition) is 5. The summed E-state index contributed by atoms with van der Waals surface area (Å²) in [6.07, 6.45) is 2.33. The number of nitrogens with zero attached hydrogens (tertiary/aromatic N) is 4. The van der Waals surface area contributed by atoms with E-state index in [0.29, 0.717) is 44.4 Å². The standard InChI is InChI=1S/C22H26N4O3/c1-3-29-22(28)25-12-10-24(11-13-25)21(27)18-8-9-20(23-15-18)26-16(2)14-17-6-4-5-7-19(17)26/h4-9,15-16H,3,10-14H2,1-2H3. The van der Waals surface area contributed by atoms with Crippen LogP contribution in [0.25, 0.3) is 0 Å². The van der Waals surface area contributed by atoms with Gasteiger partial charge in [0, 0.05) is 44.1 Å². The van der Waals surface area contributed by atoms with Crippen LogP contribution in [0, 0.1) is 0 Å². The molecule has 0 radical (unpaired) electrons. The molecule has 0 spiro atoms. The van der Waals surface area contributed by atoms with Crippen LogP contribution in [-0.4, -0.2) is 65.6 Å². The lowest BCUT2D eigenvalue weighted by molar-refractivity contribution is 0.0570. The van der Waals surface area contributed by atoms with Crippen molar-refractivity contribution in [2.75, 3.05) is 37.7 Å². The maximum atomic E-state index is 12.8. The zero-order valence-corrected chi connectivity index (χ0v) is 16.9. The fourth-order valence-corrected chi connectivity index (χ4v) is 4.06. The molecule has 7 nitrogen and oxygen atoms in total. The number of benzene rings is 1. The first kappa shape index (κ1) is 19.2. The Morgan fingerprint density at radius 3 is 2.48 bits per heavy atom. The number of carbonyl (C=O) groups is 2. The molecule has 29 heavy (non-hydrogen) atoms. The molecular formula is C22H26N4O3. The van der Waals surface area contributed by atoms with Gasteiger partial charge in [-0.1, -0.05) is 18.2 Å². The monoisotopic (exact) mass is 394 g/mol. The topological polar surface area (TPSA) is 66.0 Å². The molecule has 3 heterocycles. The number of para-hydroxylation sites is 1. The molecule has 0 N–H and O–H groups in total. The number of amides is 2. The van der Waals surface area contributed by atoms with E-state index in [4.69, 9.17) is 4.74 Å². The minimum absolute atomic E-state index is 0.0533. The second kappa shape index (κ2) is 8.11. The predicted molar refractivity (Wildman–Crippen MR) is 110 cm³/mol. The van der Waals surface area contributed by atoms with Crippen LogP contribution in [-0.2, 0) is 11.2 Å². The molecule has 2 aromatic rings. The molecule has 152 valence electrons. The van der Waals surface area contributed by atoms with E-state index in [9.17, 15) is 9.59 Å². The Kier molecular flexibility index (Phi) is 5.38. The SMILES string of the molecule is CCOC(=O)N1CCN(C(=O)c2ccc(N3c4ccccc4CC3C)nc2)CC1. The Balaban J connectivity index is 1.42. The first-order valence-electron chi connectivity index (χ1n) is 10.1. The van der Waals surface area contributed by atoms with Crippen molar-refractivity contribution >= 4 is 23.5 Å². The first-order valence-corrected chi connectivity index (χ1v) is 10.1. The fraction of sp³-hybridized carbons (Fsp3) is 0.409. The van der Waals surface area contributed by atoms with Gasteiger partial charge in [-0.3, -0.25) is 4.79 Å². The highest BCUT2D eigenvalue weighted by atomic mass is 16.6. The Hall–Kier alpha value is -3.09. The van der Waals surface area contributed by atoms with Crippen LogP contribution in [0.2, 0.25) is 0 Å². The van der Waals surface area contributed by atoms with Crippen LogP contribution in [0.15, 0.2) is 42.6 Å². The number of anilines is 2. The van der Waals surface area contributed by atoms with Gasteiger partial charge in [-0.05, 0) is 44.0 Å². The summed E-state index contributed by atoms with van der Waals surface area (Å²) < 4.78 is 5.03. The average Bonchev–Trinajstić information content (AvgIpc) is 3.09. The zero-order valence-electron chi connectivity index (χ0n) is 16.9. The van der Waals surface area contributed by atoms with Crippen molar-refractivity contribution in [1.29, 1.82) is 0 Å². The second-order valence-electron chi connectivity index (χ2n) is 7.44. The number of ether oxygens (including phenoxy) is 1. The number of aromatic nitrogens is 1. The zero-order chi connectivity index (χ0) is 20.4. The van der Waals surface area contributed by atoms with Gasteiger partial charge in [-0.25, -0.2) is 9.78 Å². The van der Waals surface area contributed by atoms with Crippen molar-refractivity contribution in [2.45, 2.75) is 26.3 Å². The molecule has 1 aromatic heterocycles. The second-order valence-corrected chi connectivity index (χ2v) is 7.44. The molecule has 0 saturated carbocycles. The number of hydrogen-bond donors (Lipinski definition) is 0. The highest BCUT2D eigenvalue weighted by Crippen LogP contribution is 2.37. The van der Waals surface area contributed by atoms with Gasteiger partial charge in [0.15, 0.2) is 0 Å². The smallest absolute Gasteiger partial charge is 0.409 e. The minimum atomic E-state index is -0.314. The van der Waals surface area contributed by atoms with Gasteiger partial charge in [-0.15, -0.1) is 0 Å². The number of piperazine rings is 1. The average molecular weight is 394 g/mol. The Bertz CT molecular complexity index is 891. The van der Waals surface area contributed by atoms with E-state index >= 15 is 0 Å². The lowest BCUT2D eigenvalue weighted by atomic mass is 10.1. The highest BCUT2D eigenvalue weighted by Gasteiger charge is 2.29. The van der Waals surface area contributed by atoms with Crippen molar-refractivity contribution < 1.29 is 14.3 Å². The molecule has 1 unspecified atom stereocenters. The maximum Gasteiger partial charge on any atom is 0.409 e. The number of pyridine rings is 1. The van der Waals surface area contributed by atoms with E-state index in [0.717, 1.165) is 12.2 Å². The van der Waals surface area contributed by atoms with E-state index in [2.05, 4.69) is 35.0 Å². The molecule has 0 bridgehead atoms.